The summed E-state index contributed by atoms with van der Waals surface area (Å²) in [5.74, 6) is 0. The molecule has 3 rings (SSSR count). The fraction of sp³-hybridized carbons (Fsp3) is 0.353. The van der Waals surface area contributed by atoms with Gasteiger partial charge in [-0.3, -0.25) is 14.3 Å². The number of hydrogen-bond donors (Lipinski definition) is 1. The van der Waals surface area contributed by atoms with Crippen molar-refractivity contribution in [2.45, 2.75) is 32.5 Å². The van der Waals surface area contributed by atoms with E-state index < -0.39 is 0 Å². The van der Waals surface area contributed by atoms with Crippen LogP contribution in [0.1, 0.15) is 25.5 Å². The molecule has 6 heteroatoms. The maximum absolute atomic E-state index is 4.57. The fourth-order valence-electron chi connectivity index (χ4n) is 2.60. The Hall–Kier alpha value is -2.47. The van der Waals surface area contributed by atoms with E-state index in [1.807, 2.05) is 53.2 Å². The summed E-state index contributed by atoms with van der Waals surface area (Å²) in [4.78, 5) is 4.19. The van der Waals surface area contributed by atoms with E-state index in [1.54, 1.807) is 6.20 Å². The lowest BCUT2D eigenvalue weighted by Gasteiger charge is -2.21. The van der Waals surface area contributed by atoms with E-state index in [0.717, 1.165) is 17.8 Å². The fourth-order valence-corrected chi connectivity index (χ4v) is 2.60. The molecule has 0 amide bonds. The van der Waals surface area contributed by atoms with Gasteiger partial charge < -0.3 is 5.32 Å². The van der Waals surface area contributed by atoms with Gasteiger partial charge in [0.2, 0.25) is 0 Å². The number of nitrogens with one attached hydrogen (secondary N) is 1. The first kappa shape index (κ1) is 15.4. The van der Waals surface area contributed by atoms with Crippen LogP contribution >= 0.6 is 0 Å². The molecule has 6 nitrogen and oxygen atoms in total. The normalized spacial score (nSPS) is 13.9. The minimum absolute atomic E-state index is 0.281. The summed E-state index contributed by atoms with van der Waals surface area (Å²) >= 11 is 0. The third kappa shape index (κ3) is 3.48. The van der Waals surface area contributed by atoms with Crippen LogP contribution in [0.25, 0.3) is 11.3 Å². The first-order chi connectivity index (χ1) is 11.1. The van der Waals surface area contributed by atoms with Crippen LogP contribution in [0.3, 0.4) is 0 Å². The van der Waals surface area contributed by atoms with E-state index in [9.17, 15) is 0 Å². The molecule has 120 valence electrons. The average Bonchev–Trinajstić information content (AvgIpc) is 3.22. The van der Waals surface area contributed by atoms with Gasteiger partial charge in [0.15, 0.2) is 0 Å². The lowest BCUT2D eigenvalue weighted by molar-refractivity contribution is 0.365. The van der Waals surface area contributed by atoms with Crippen molar-refractivity contribution in [1.82, 2.24) is 29.9 Å². The van der Waals surface area contributed by atoms with Gasteiger partial charge in [0.05, 0.1) is 11.7 Å². The molecule has 2 atom stereocenters. The third-order valence-corrected chi connectivity index (χ3v) is 4.12. The van der Waals surface area contributed by atoms with Gasteiger partial charge in [0.1, 0.15) is 0 Å². The summed E-state index contributed by atoms with van der Waals surface area (Å²) in [6, 6.07) is 6.49. The highest BCUT2D eigenvalue weighted by molar-refractivity contribution is 5.61. The van der Waals surface area contributed by atoms with Crippen LogP contribution in [-0.4, -0.2) is 30.6 Å². The second-order valence-corrected chi connectivity index (χ2v) is 5.81. The van der Waals surface area contributed by atoms with Gasteiger partial charge in [-0.05, 0) is 32.0 Å². The van der Waals surface area contributed by atoms with Crippen LogP contribution in [0.5, 0.6) is 0 Å². The van der Waals surface area contributed by atoms with Crippen molar-refractivity contribution < 1.29 is 0 Å². The molecule has 0 saturated heterocycles. The zero-order chi connectivity index (χ0) is 16.2. The Labute approximate surface area is 136 Å². The molecule has 3 heterocycles. The number of rotatable bonds is 6. The Bertz CT molecular complexity index is 732. The second-order valence-electron chi connectivity index (χ2n) is 5.81. The standard InChI is InChI=1S/C17H22N6/c1-13(14(2)23-9-5-8-20-23)19-11-16-12-22(3)21-17(16)15-6-4-7-18-10-15/h4-10,12-14,19H,11H2,1-3H3/t13-,14-/m0/s1. The molecule has 0 fully saturated rings. The molecule has 0 aliphatic heterocycles. The first-order valence-electron chi connectivity index (χ1n) is 7.80. The molecule has 23 heavy (non-hydrogen) atoms. The van der Waals surface area contributed by atoms with Crippen LogP contribution in [-0.2, 0) is 13.6 Å². The van der Waals surface area contributed by atoms with Crippen LogP contribution < -0.4 is 5.32 Å². The molecule has 1 N–H and O–H groups in total. The molecule has 0 aliphatic carbocycles. The number of pyridine rings is 1. The minimum Gasteiger partial charge on any atom is -0.308 e. The quantitative estimate of drug-likeness (QED) is 0.759. The molecule has 0 aliphatic rings. The molecule has 0 aromatic carbocycles. The van der Waals surface area contributed by atoms with Crippen molar-refractivity contribution in [3.05, 3.63) is 54.7 Å². The van der Waals surface area contributed by atoms with Gasteiger partial charge in [-0.25, -0.2) is 0 Å². The highest BCUT2D eigenvalue weighted by Gasteiger charge is 2.16. The number of hydrogen-bond acceptors (Lipinski definition) is 4. The largest absolute Gasteiger partial charge is 0.308 e. The van der Waals surface area contributed by atoms with E-state index in [0.29, 0.717) is 0 Å². The van der Waals surface area contributed by atoms with Gasteiger partial charge >= 0.3 is 0 Å². The molecule has 0 unspecified atom stereocenters. The SMILES string of the molecule is C[C@H](NCc1cn(C)nc1-c1cccnc1)[C@H](C)n1cccn1. The van der Waals surface area contributed by atoms with E-state index in [2.05, 4.69) is 40.5 Å². The summed E-state index contributed by atoms with van der Waals surface area (Å²) < 4.78 is 3.82. The monoisotopic (exact) mass is 310 g/mol. The first-order valence-corrected chi connectivity index (χ1v) is 7.80. The minimum atomic E-state index is 0.281. The van der Waals surface area contributed by atoms with Gasteiger partial charge in [-0.15, -0.1) is 0 Å². The molecular formula is C17H22N6. The molecule has 3 aromatic heterocycles. The Balaban J connectivity index is 1.71. The summed E-state index contributed by atoms with van der Waals surface area (Å²) in [7, 11) is 1.94. The molecule has 3 aromatic rings. The number of nitrogens with zero attached hydrogens (tertiary/aromatic N) is 5. The van der Waals surface area contributed by atoms with Gasteiger partial charge in [-0.2, -0.15) is 10.2 Å². The van der Waals surface area contributed by atoms with Crippen LogP contribution in [0.4, 0.5) is 0 Å². The topological polar surface area (TPSA) is 60.6 Å². The number of aromatic nitrogens is 5. The van der Waals surface area contributed by atoms with Crippen LogP contribution in [0, 0.1) is 0 Å². The zero-order valence-electron chi connectivity index (χ0n) is 13.7. The molecular weight excluding hydrogens is 288 g/mol. The van der Waals surface area contributed by atoms with Crippen molar-refractivity contribution in [1.29, 1.82) is 0 Å². The van der Waals surface area contributed by atoms with Gasteiger partial charge in [0.25, 0.3) is 0 Å². The maximum Gasteiger partial charge on any atom is 0.0983 e. The van der Waals surface area contributed by atoms with Crippen molar-refractivity contribution in [2.75, 3.05) is 0 Å². The molecule has 0 bridgehead atoms. The summed E-state index contributed by atoms with van der Waals surface area (Å²) in [5.41, 5.74) is 3.18. The van der Waals surface area contributed by atoms with Crippen molar-refractivity contribution in [2.24, 2.45) is 7.05 Å². The number of aryl methyl sites for hydroxylation is 1. The van der Waals surface area contributed by atoms with Crippen molar-refractivity contribution in [3.63, 3.8) is 0 Å². The van der Waals surface area contributed by atoms with Crippen LogP contribution in [0.15, 0.2) is 49.2 Å². The Morgan fingerprint density at radius 3 is 2.78 bits per heavy atom. The van der Waals surface area contributed by atoms with Gasteiger partial charge in [-0.1, -0.05) is 0 Å². The lowest BCUT2D eigenvalue weighted by atomic mass is 10.1. The van der Waals surface area contributed by atoms with E-state index in [-0.39, 0.29) is 12.1 Å². The Morgan fingerprint density at radius 1 is 1.22 bits per heavy atom. The molecule has 0 spiro atoms. The predicted octanol–water partition coefficient (Wildman–Crippen LogP) is 2.42. The van der Waals surface area contributed by atoms with E-state index in [4.69, 9.17) is 0 Å². The summed E-state index contributed by atoms with van der Waals surface area (Å²) in [6.07, 6.45) is 9.49. The van der Waals surface area contributed by atoms with Gasteiger partial charge in [0, 0.05) is 61.7 Å². The highest BCUT2D eigenvalue weighted by atomic mass is 15.3. The summed E-state index contributed by atoms with van der Waals surface area (Å²) in [5, 5.41) is 12.5. The predicted molar refractivity (Wildman–Crippen MR) is 89.7 cm³/mol. The maximum atomic E-state index is 4.57. The average molecular weight is 310 g/mol. The van der Waals surface area contributed by atoms with E-state index in [1.165, 1.54) is 5.56 Å². The van der Waals surface area contributed by atoms with Crippen LogP contribution in [0.2, 0.25) is 0 Å². The molecule has 0 radical (unpaired) electrons. The van der Waals surface area contributed by atoms with E-state index >= 15 is 0 Å². The highest BCUT2D eigenvalue weighted by Crippen LogP contribution is 2.21. The van der Waals surface area contributed by atoms with Crippen molar-refractivity contribution in [3.8, 4) is 11.3 Å². The lowest BCUT2D eigenvalue weighted by Crippen LogP contribution is -2.33. The Morgan fingerprint density at radius 2 is 2.09 bits per heavy atom. The Kier molecular flexibility index (Phi) is 4.52. The third-order valence-electron chi connectivity index (χ3n) is 4.12. The zero-order valence-corrected chi connectivity index (χ0v) is 13.7. The second kappa shape index (κ2) is 6.75. The smallest absolute Gasteiger partial charge is 0.0983 e. The summed E-state index contributed by atoms with van der Waals surface area (Å²) in [6.45, 7) is 5.09. The van der Waals surface area contributed by atoms with Crippen molar-refractivity contribution >= 4 is 0 Å². The molecule has 0 saturated carbocycles.